The Hall–Kier alpha value is -3.48. The van der Waals surface area contributed by atoms with E-state index in [1.54, 1.807) is 12.1 Å². The van der Waals surface area contributed by atoms with Crippen molar-refractivity contribution in [3.63, 3.8) is 0 Å². The summed E-state index contributed by atoms with van der Waals surface area (Å²) in [5.74, 6) is 1.08. The number of nitrogens with one attached hydrogen (secondary N) is 1. The molecule has 0 bridgehead atoms. The van der Waals surface area contributed by atoms with E-state index in [0.717, 1.165) is 11.1 Å². The van der Waals surface area contributed by atoms with E-state index in [1.807, 2.05) is 52.0 Å². The van der Waals surface area contributed by atoms with Crippen molar-refractivity contribution in [2.24, 2.45) is 5.92 Å². The zero-order valence-electron chi connectivity index (χ0n) is 16.8. The lowest BCUT2D eigenvalue weighted by molar-refractivity contribution is 0.432. The minimum atomic E-state index is -0.640. The van der Waals surface area contributed by atoms with E-state index in [2.05, 4.69) is 15.1 Å². The van der Waals surface area contributed by atoms with Crippen LogP contribution in [-0.2, 0) is 6.54 Å². The Morgan fingerprint density at radius 3 is 2.52 bits per heavy atom. The van der Waals surface area contributed by atoms with Gasteiger partial charge in [-0.3, -0.25) is 9.59 Å². The number of fused-ring (bicyclic) bond motifs is 1. The van der Waals surface area contributed by atoms with Gasteiger partial charge in [0.25, 0.3) is 5.89 Å². The Labute approximate surface area is 167 Å². The Balaban J connectivity index is 1.78. The van der Waals surface area contributed by atoms with E-state index >= 15 is 0 Å². The number of hydrogen-bond acceptors (Lipinski definition) is 5. The summed E-state index contributed by atoms with van der Waals surface area (Å²) in [6, 6.07) is 11.4. The Morgan fingerprint density at radius 1 is 1.03 bits per heavy atom. The number of rotatable bonds is 4. The van der Waals surface area contributed by atoms with E-state index in [0.29, 0.717) is 34.9 Å². The summed E-state index contributed by atoms with van der Waals surface area (Å²) in [6.07, 6.45) is 0. The molecule has 7 nitrogen and oxygen atoms in total. The first-order valence-corrected chi connectivity index (χ1v) is 9.52. The van der Waals surface area contributed by atoms with Crippen LogP contribution in [0.25, 0.3) is 33.9 Å². The van der Waals surface area contributed by atoms with Crippen LogP contribution in [0.2, 0.25) is 0 Å². The monoisotopic (exact) mass is 390 g/mol. The fourth-order valence-corrected chi connectivity index (χ4v) is 3.30. The van der Waals surface area contributed by atoms with Crippen LogP contribution < -0.4 is 11.1 Å². The molecule has 148 valence electrons. The van der Waals surface area contributed by atoms with E-state index < -0.39 is 11.1 Å². The van der Waals surface area contributed by atoms with E-state index in [1.165, 1.54) is 10.1 Å². The SMILES string of the molecule is Cc1ccc(-c2nc(-c3ccc4c(c3)[nH]c(=O)c(=O)n4CC(C)C)no2)cc1C. The van der Waals surface area contributed by atoms with Crippen LogP contribution in [0, 0.1) is 19.8 Å². The highest BCUT2D eigenvalue weighted by Crippen LogP contribution is 2.25. The summed E-state index contributed by atoms with van der Waals surface area (Å²) in [4.78, 5) is 31.5. The number of hydrogen-bond donors (Lipinski definition) is 1. The van der Waals surface area contributed by atoms with Crippen LogP contribution in [0.4, 0.5) is 0 Å². The third kappa shape index (κ3) is 3.51. The van der Waals surface area contributed by atoms with Crippen molar-refractivity contribution < 1.29 is 4.52 Å². The highest BCUT2D eigenvalue weighted by molar-refractivity contribution is 5.80. The van der Waals surface area contributed by atoms with Gasteiger partial charge < -0.3 is 14.1 Å². The average molecular weight is 390 g/mol. The van der Waals surface area contributed by atoms with E-state index in [9.17, 15) is 9.59 Å². The quantitative estimate of drug-likeness (QED) is 0.537. The molecule has 0 spiro atoms. The zero-order valence-corrected chi connectivity index (χ0v) is 16.8. The van der Waals surface area contributed by atoms with Gasteiger partial charge in [-0.15, -0.1) is 0 Å². The Bertz CT molecular complexity index is 1330. The summed E-state index contributed by atoms with van der Waals surface area (Å²) >= 11 is 0. The highest BCUT2D eigenvalue weighted by Gasteiger charge is 2.14. The molecule has 2 heterocycles. The first kappa shape index (κ1) is 18.9. The Kier molecular flexibility index (Phi) is 4.66. The molecule has 4 rings (SSSR count). The molecular weight excluding hydrogens is 368 g/mol. The van der Waals surface area contributed by atoms with Crippen molar-refractivity contribution in [3.05, 3.63) is 68.2 Å². The van der Waals surface area contributed by atoms with E-state index in [4.69, 9.17) is 4.52 Å². The summed E-state index contributed by atoms with van der Waals surface area (Å²) in [6.45, 7) is 8.56. The topological polar surface area (TPSA) is 93.8 Å². The second-order valence-electron chi connectivity index (χ2n) is 7.72. The largest absolute Gasteiger partial charge is 0.334 e. The number of aromatic nitrogens is 4. The highest BCUT2D eigenvalue weighted by atomic mass is 16.5. The fraction of sp³-hybridized carbons (Fsp3) is 0.273. The van der Waals surface area contributed by atoms with Crippen molar-refractivity contribution in [2.75, 3.05) is 0 Å². The zero-order chi connectivity index (χ0) is 20.7. The lowest BCUT2D eigenvalue weighted by atomic mass is 10.1. The fourth-order valence-electron chi connectivity index (χ4n) is 3.30. The molecule has 0 atom stereocenters. The molecule has 1 N–H and O–H groups in total. The van der Waals surface area contributed by atoms with Crippen molar-refractivity contribution in [1.82, 2.24) is 19.7 Å². The summed E-state index contributed by atoms with van der Waals surface area (Å²) in [7, 11) is 0. The minimum absolute atomic E-state index is 0.232. The molecule has 0 amide bonds. The van der Waals surface area contributed by atoms with Crippen LogP contribution in [0.5, 0.6) is 0 Å². The van der Waals surface area contributed by atoms with Crippen molar-refractivity contribution in [1.29, 1.82) is 0 Å². The van der Waals surface area contributed by atoms with Gasteiger partial charge in [0.15, 0.2) is 0 Å². The third-order valence-electron chi connectivity index (χ3n) is 4.96. The molecule has 0 saturated carbocycles. The molecule has 0 aliphatic heterocycles. The first-order valence-electron chi connectivity index (χ1n) is 9.52. The number of benzene rings is 2. The molecule has 0 saturated heterocycles. The van der Waals surface area contributed by atoms with Gasteiger partial charge >= 0.3 is 11.1 Å². The van der Waals surface area contributed by atoms with E-state index in [-0.39, 0.29) is 5.92 Å². The maximum atomic E-state index is 12.3. The molecule has 2 aromatic carbocycles. The molecule has 0 fully saturated rings. The molecule has 2 aromatic heterocycles. The van der Waals surface area contributed by atoms with Gasteiger partial charge in [-0.25, -0.2) is 0 Å². The molecule has 7 heteroatoms. The summed E-state index contributed by atoms with van der Waals surface area (Å²) in [5.41, 5.74) is 3.94. The van der Waals surface area contributed by atoms with Crippen LogP contribution in [0.15, 0.2) is 50.5 Å². The predicted octanol–water partition coefficient (Wildman–Crippen LogP) is 3.68. The summed E-state index contributed by atoms with van der Waals surface area (Å²) < 4.78 is 6.96. The normalized spacial score (nSPS) is 11.5. The second kappa shape index (κ2) is 7.16. The van der Waals surface area contributed by atoms with Gasteiger partial charge in [0.2, 0.25) is 5.82 Å². The smallest absolute Gasteiger partial charge is 0.316 e. The molecular formula is C22H22N4O3. The molecule has 0 radical (unpaired) electrons. The molecule has 4 aromatic rings. The van der Waals surface area contributed by atoms with Crippen LogP contribution in [-0.4, -0.2) is 19.7 Å². The second-order valence-corrected chi connectivity index (χ2v) is 7.72. The molecule has 0 unspecified atom stereocenters. The molecule has 29 heavy (non-hydrogen) atoms. The van der Waals surface area contributed by atoms with Gasteiger partial charge in [-0.2, -0.15) is 4.98 Å². The number of aryl methyl sites for hydroxylation is 2. The van der Waals surface area contributed by atoms with Gasteiger partial charge in [0.1, 0.15) is 0 Å². The van der Waals surface area contributed by atoms with Gasteiger partial charge in [0.05, 0.1) is 11.0 Å². The van der Waals surface area contributed by atoms with Crippen LogP contribution in [0.1, 0.15) is 25.0 Å². The van der Waals surface area contributed by atoms with Crippen molar-refractivity contribution in [2.45, 2.75) is 34.2 Å². The molecule has 0 aliphatic rings. The van der Waals surface area contributed by atoms with Crippen molar-refractivity contribution in [3.8, 4) is 22.8 Å². The maximum Gasteiger partial charge on any atom is 0.316 e. The number of H-pyrrole nitrogens is 1. The standard InChI is InChI=1S/C22H22N4O3/c1-12(2)11-26-18-8-7-15(10-17(18)23-20(27)22(26)28)19-24-21(29-25-19)16-6-5-13(3)14(4)9-16/h5-10,12H,11H2,1-4H3,(H,23,27). The van der Waals surface area contributed by atoms with Gasteiger partial charge in [-0.1, -0.05) is 25.1 Å². The van der Waals surface area contributed by atoms with Crippen molar-refractivity contribution >= 4 is 11.0 Å². The predicted molar refractivity (Wildman–Crippen MR) is 112 cm³/mol. The Morgan fingerprint density at radius 2 is 1.79 bits per heavy atom. The van der Waals surface area contributed by atoms with Gasteiger partial charge in [-0.05, 0) is 61.2 Å². The average Bonchev–Trinajstić information content (AvgIpc) is 3.17. The van der Waals surface area contributed by atoms with Gasteiger partial charge in [0, 0.05) is 17.7 Å². The number of aromatic amines is 1. The minimum Gasteiger partial charge on any atom is -0.334 e. The lowest BCUT2D eigenvalue weighted by Gasteiger charge is -2.12. The van der Waals surface area contributed by atoms with Crippen LogP contribution in [0.3, 0.4) is 0 Å². The summed E-state index contributed by atoms with van der Waals surface area (Å²) in [5, 5.41) is 4.09. The number of nitrogens with zero attached hydrogens (tertiary/aromatic N) is 3. The maximum absolute atomic E-state index is 12.3. The first-order chi connectivity index (χ1) is 13.8. The molecule has 0 aliphatic carbocycles. The lowest BCUT2D eigenvalue weighted by Crippen LogP contribution is -2.37. The van der Waals surface area contributed by atoms with Crippen LogP contribution >= 0.6 is 0 Å². The third-order valence-corrected chi connectivity index (χ3v) is 4.96.